The third-order valence-corrected chi connectivity index (χ3v) is 7.37. The summed E-state index contributed by atoms with van der Waals surface area (Å²) in [4.78, 5) is 26.5. The molecule has 1 aliphatic heterocycles. The Morgan fingerprint density at radius 3 is 2.52 bits per heavy atom. The lowest BCUT2D eigenvalue weighted by atomic mass is 9.80. The van der Waals surface area contributed by atoms with Crippen molar-refractivity contribution in [2.24, 2.45) is 29.6 Å². The summed E-state index contributed by atoms with van der Waals surface area (Å²) in [6, 6.07) is 0.404. The summed E-state index contributed by atoms with van der Waals surface area (Å²) in [5.41, 5.74) is 0. The second-order valence-electron chi connectivity index (χ2n) is 8.88. The van der Waals surface area contributed by atoms with Gasteiger partial charge in [-0.15, -0.1) is 0 Å². The molecule has 140 valence electrons. The van der Waals surface area contributed by atoms with Crippen LogP contribution in [0.4, 0.5) is 0 Å². The van der Waals surface area contributed by atoms with E-state index in [1.807, 2.05) is 4.90 Å². The van der Waals surface area contributed by atoms with Crippen LogP contribution in [0.5, 0.6) is 0 Å². The number of piperidine rings is 1. The predicted octanol–water partition coefficient (Wildman–Crippen LogP) is 2.20. The average Bonchev–Trinajstić information content (AvgIpc) is 2.86. The van der Waals surface area contributed by atoms with E-state index in [4.69, 9.17) is 4.74 Å². The highest BCUT2D eigenvalue weighted by atomic mass is 16.5. The lowest BCUT2D eigenvalue weighted by Gasteiger charge is -2.33. The van der Waals surface area contributed by atoms with E-state index in [-0.39, 0.29) is 24.3 Å². The van der Waals surface area contributed by atoms with Gasteiger partial charge in [0.05, 0.1) is 0 Å². The van der Waals surface area contributed by atoms with E-state index in [2.05, 4.69) is 5.32 Å². The normalized spacial score (nSPS) is 37.8. The molecule has 0 radical (unpaired) electrons. The number of likely N-dealkylation sites (tertiary alicyclic amines) is 1. The van der Waals surface area contributed by atoms with Crippen LogP contribution in [0, 0.1) is 29.6 Å². The first kappa shape index (κ1) is 17.3. The molecule has 5 unspecified atom stereocenters. The molecular weight excluding hydrogens is 316 g/mol. The van der Waals surface area contributed by atoms with Crippen molar-refractivity contribution >= 4 is 11.8 Å². The number of methoxy groups -OCH3 is 1. The van der Waals surface area contributed by atoms with Crippen LogP contribution in [0.1, 0.15) is 51.4 Å². The summed E-state index contributed by atoms with van der Waals surface area (Å²) < 4.78 is 4.93. The summed E-state index contributed by atoms with van der Waals surface area (Å²) in [5, 5.41) is 3.44. The van der Waals surface area contributed by atoms with Crippen LogP contribution in [-0.4, -0.2) is 49.6 Å². The number of nitrogens with zero attached hydrogens (tertiary/aromatic N) is 1. The standard InChI is InChI=1S/C20H32N2O3/c1-25-12-19(23)22-6-4-15(5-7-22)20(24)21-18-3-2-13-8-14-10-16(9-13)17(18)11-14/h13-18H,2-12H2,1H3,(H,21,24). The topological polar surface area (TPSA) is 58.6 Å². The minimum Gasteiger partial charge on any atom is -0.375 e. The molecule has 0 spiro atoms. The molecule has 0 aromatic carbocycles. The highest BCUT2D eigenvalue weighted by Crippen LogP contribution is 2.53. The van der Waals surface area contributed by atoms with Crippen LogP contribution < -0.4 is 5.32 Å². The minimum absolute atomic E-state index is 0.0400. The van der Waals surface area contributed by atoms with Crippen molar-refractivity contribution < 1.29 is 14.3 Å². The van der Waals surface area contributed by atoms with Gasteiger partial charge >= 0.3 is 0 Å². The number of fused-ring (bicyclic) bond motifs is 2. The Bertz CT molecular complexity index is 515. The molecular formula is C20H32N2O3. The van der Waals surface area contributed by atoms with E-state index >= 15 is 0 Å². The SMILES string of the molecule is COCC(=O)N1CCC(C(=O)NC2CCC3CC4CC(C3)C2C4)CC1. The van der Waals surface area contributed by atoms with Crippen LogP contribution in [0.3, 0.4) is 0 Å². The zero-order valence-electron chi connectivity index (χ0n) is 15.4. The van der Waals surface area contributed by atoms with Crippen LogP contribution >= 0.6 is 0 Å². The predicted molar refractivity (Wildman–Crippen MR) is 94.8 cm³/mol. The average molecular weight is 348 g/mol. The van der Waals surface area contributed by atoms with Gasteiger partial charge in [-0.05, 0) is 75.0 Å². The van der Waals surface area contributed by atoms with Crippen molar-refractivity contribution in [3.8, 4) is 0 Å². The molecule has 4 rings (SSSR count). The highest BCUT2D eigenvalue weighted by molar-refractivity contribution is 5.80. The molecule has 3 saturated carbocycles. The molecule has 5 heteroatoms. The second-order valence-corrected chi connectivity index (χ2v) is 8.88. The fourth-order valence-electron chi connectivity index (χ4n) is 6.18. The molecule has 1 saturated heterocycles. The Morgan fingerprint density at radius 1 is 1.00 bits per heavy atom. The van der Waals surface area contributed by atoms with E-state index < -0.39 is 0 Å². The molecule has 25 heavy (non-hydrogen) atoms. The highest BCUT2D eigenvalue weighted by Gasteiger charge is 2.46. The van der Waals surface area contributed by atoms with Gasteiger partial charge < -0.3 is 15.0 Å². The Hall–Kier alpha value is -1.10. The molecule has 4 aliphatic rings. The van der Waals surface area contributed by atoms with E-state index in [9.17, 15) is 9.59 Å². The van der Waals surface area contributed by atoms with Gasteiger partial charge in [0, 0.05) is 32.2 Å². The fourth-order valence-corrected chi connectivity index (χ4v) is 6.18. The molecule has 3 bridgehead atoms. The first-order valence-electron chi connectivity index (χ1n) is 10.2. The molecule has 4 fully saturated rings. The molecule has 3 aliphatic carbocycles. The summed E-state index contributed by atoms with van der Waals surface area (Å²) in [6.45, 7) is 1.51. The lowest BCUT2D eigenvalue weighted by Crippen LogP contribution is -2.48. The van der Waals surface area contributed by atoms with Crippen LogP contribution in [0.25, 0.3) is 0 Å². The third-order valence-electron chi connectivity index (χ3n) is 7.37. The van der Waals surface area contributed by atoms with Gasteiger partial charge in [-0.2, -0.15) is 0 Å². The third kappa shape index (κ3) is 3.57. The number of rotatable bonds is 4. The van der Waals surface area contributed by atoms with Gasteiger partial charge in [0.25, 0.3) is 0 Å². The molecule has 1 heterocycles. The smallest absolute Gasteiger partial charge is 0.248 e. The Labute approximate surface area is 150 Å². The number of carbonyl (C=O) groups is 2. The van der Waals surface area contributed by atoms with Gasteiger partial charge in [-0.3, -0.25) is 9.59 Å². The van der Waals surface area contributed by atoms with E-state index in [1.165, 1.54) is 38.5 Å². The van der Waals surface area contributed by atoms with Crippen molar-refractivity contribution in [2.45, 2.75) is 57.4 Å². The monoisotopic (exact) mass is 348 g/mol. The summed E-state index contributed by atoms with van der Waals surface area (Å²) in [5.74, 6) is 3.80. The Kier molecular flexibility index (Phi) is 5.03. The van der Waals surface area contributed by atoms with Crippen LogP contribution in [0.2, 0.25) is 0 Å². The maximum atomic E-state index is 12.8. The Balaban J connectivity index is 1.30. The van der Waals surface area contributed by atoms with E-state index in [0.717, 1.165) is 36.5 Å². The summed E-state index contributed by atoms with van der Waals surface area (Å²) >= 11 is 0. The number of hydrogen-bond donors (Lipinski definition) is 1. The maximum Gasteiger partial charge on any atom is 0.248 e. The number of amides is 2. The zero-order valence-corrected chi connectivity index (χ0v) is 15.4. The van der Waals surface area contributed by atoms with E-state index in [1.54, 1.807) is 7.11 Å². The molecule has 0 aromatic heterocycles. The first-order chi connectivity index (χ1) is 12.1. The molecule has 0 aromatic rings. The van der Waals surface area contributed by atoms with Gasteiger partial charge in [-0.25, -0.2) is 0 Å². The quantitative estimate of drug-likeness (QED) is 0.847. The number of nitrogens with one attached hydrogen (secondary N) is 1. The molecule has 2 amide bonds. The molecule has 5 atom stereocenters. The van der Waals surface area contributed by atoms with Crippen molar-refractivity contribution in [1.29, 1.82) is 0 Å². The van der Waals surface area contributed by atoms with Crippen LogP contribution in [0.15, 0.2) is 0 Å². The maximum absolute atomic E-state index is 12.8. The fraction of sp³-hybridized carbons (Fsp3) is 0.900. The second kappa shape index (κ2) is 7.26. The Morgan fingerprint density at radius 2 is 1.76 bits per heavy atom. The van der Waals surface area contributed by atoms with Crippen molar-refractivity contribution in [1.82, 2.24) is 10.2 Å². The van der Waals surface area contributed by atoms with Crippen molar-refractivity contribution in [2.75, 3.05) is 26.8 Å². The van der Waals surface area contributed by atoms with Crippen molar-refractivity contribution in [3.05, 3.63) is 0 Å². The zero-order chi connectivity index (χ0) is 17.4. The van der Waals surface area contributed by atoms with Crippen LogP contribution in [-0.2, 0) is 14.3 Å². The largest absolute Gasteiger partial charge is 0.375 e. The number of carbonyl (C=O) groups excluding carboxylic acids is 2. The molecule has 5 nitrogen and oxygen atoms in total. The van der Waals surface area contributed by atoms with Gasteiger partial charge in [0.15, 0.2) is 0 Å². The van der Waals surface area contributed by atoms with E-state index in [0.29, 0.717) is 19.1 Å². The van der Waals surface area contributed by atoms with Gasteiger partial charge in [-0.1, -0.05) is 0 Å². The van der Waals surface area contributed by atoms with Gasteiger partial charge in [0.1, 0.15) is 6.61 Å². The van der Waals surface area contributed by atoms with Crippen molar-refractivity contribution in [3.63, 3.8) is 0 Å². The lowest BCUT2D eigenvalue weighted by molar-refractivity contribution is -0.139. The van der Waals surface area contributed by atoms with Gasteiger partial charge in [0.2, 0.25) is 11.8 Å². The number of hydrogen-bond acceptors (Lipinski definition) is 3. The minimum atomic E-state index is 0.0400. The molecule has 1 N–H and O–H groups in total. The number of ether oxygens (including phenoxy) is 1. The summed E-state index contributed by atoms with van der Waals surface area (Å²) in [6.07, 6.45) is 9.66. The first-order valence-corrected chi connectivity index (χ1v) is 10.2. The summed E-state index contributed by atoms with van der Waals surface area (Å²) in [7, 11) is 1.55.